The van der Waals surface area contributed by atoms with Crippen LogP contribution in [0.15, 0.2) is 0 Å². The van der Waals surface area contributed by atoms with Gasteiger partial charge in [-0.25, -0.2) is 0 Å². The van der Waals surface area contributed by atoms with Gasteiger partial charge < -0.3 is 5.73 Å². The molecule has 0 bridgehead atoms. The van der Waals surface area contributed by atoms with Crippen LogP contribution in [0, 0.1) is 5.92 Å². The van der Waals surface area contributed by atoms with E-state index in [0.717, 1.165) is 4.31 Å². The Morgan fingerprint density at radius 3 is 2.47 bits per heavy atom. The largest absolute Gasteiger partial charge is 0.402 e. The predicted octanol–water partition coefficient (Wildman–Crippen LogP) is 0.0522. The lowest BCUT2D eigenvalue weighted by molar-refractivity contribution is -0.121. The molecule has 0 aromatic carbocycles. The van der Waals surface area contributed by atoms with Crippen molar-refractivity contribution in [2.45, 2.75) is 25.6 Å². The first-order valence-corrected chi connectivity index (χ1v) is 6.63. The van der Waals surface area contributed by atoms with Crippen LogP contribution in [0.2, 0.25) is 0 Å². The van der Waals surface area contributed by atoms with Gasteiger partial charge in [0.1, 0.15) is 6.54 Å². The molecule has 17 heavy (non-hydrogen) atoms. The number of hydrogen-bond donors (Lipinski definition) is 2. The Morgan fingerprint density at radius 2 is 2.06 bits per heavy atom. The van der Waals surface area contributed by atoms with Crippen molar-refractivity contribution in [1.82, 2.24) is 9.03 Å². The smallest absolute Gasteiger partial charge is 0.330 e. The van der Waals surface area contributed by atoms with E-state index >= 15 is 0 Å². The van der Waals surface area contributed by atoms with Crippen molar-refractivity contribution < 1.29 is 21.6 Å². The summed E-state index contributed by atoms with van der Waals surface area (Å²) in [5.41, 5.74) is 5.42. The lowest BCUT2D eigenvalue weighted by atomic mass is 10.1. The Labute approximate surface area is 98.3 Å². The molecule has 1 saturated heterocycles. The molecule has 0 amide bonds. The van der Waals surface area contributed by atoms with Crippen LogP contribution in [-0.2, 0) is 10.2 Å². The summed E-state index contributed by atoms with van der Waals surface area (Å²) in [7, 11) is -4.08. The lowest BCUT2D eigenvalue weighted by Gasteiger charge is -2.21. The molecule has 102 valence electrons. The fourth-order valence-electron chi connectivity index (χ4n) is 1.87. The van der Waals surface area contributed by atoms with Crippen molar-refractivity contribution in [3.05, 3.63) is 0 Å². The van der Waals surface area contributed by atoms with Crippen LogP contribution in [0.1, 0.15) is 13.3 Å². The molecule has 1 aliphatic rings. The zero-order chi connectivity index (χ0) is 13.3. The van der Waals surface area contributed by atoms with Crippen molar-refractivity contribution >= 4 is 10.2 Å². The summed E-state index contributed by atoms with van der Waals surface area (Å²) < 4.78 is 61.7. The zero-order valence-corrected chi connectivity index (χ0v) is 10.2. The van der Waals surface area contributed by atoms with Gasteiger partial charge in [0.2, 0.25) is 0 Å². The lowest BCUT2D eigenvalue weighted by Crippen LogP contribution is -2.45. The van der Waals surface area contributed by atoms with Gasteiger partial charge in [-0.1, -0.05) is 0 Å². The minimum absolute atomic E-state index is 0.00691. The minimum atomic E-state index is -4.55. The average molecular weight is 275 g/mol. The second-order valence-electron chi connectivity index (χ2n) is 4.20. The van der Waals surface area contributed by atoms with E-state index in [4.69, 9.17) is 5.73 Å². The van der Waals surface area contributed by atoms with E-state index < -0.39 is 22.9 Å². The van der Waals surface area contributed by atoms with Gasteiger partial charge >= 0.3 is 6.18 Å². The van der Waals surface area contributed by atoms with Gasteiger partial charge in [0.05, 0.1) is 0 Å². The average Bonchev–Trinajstić information content (AvgIpc) is 2.57. The molecule has 1 fully saturated rings. The van der Waals surface area contributed by atoms with Crippen LogP contribution in [0.4, 0.5) is 13.2 Å². The highest BCUT2D eigenvalue weighted by Gasteiger charge is 2.38. The summed E-state index contributed by atoms with van der Waals surface area (Å²) in [5.74, 6) is 0.00691. The van der Waals surface area contributed by atoms with Crippen molar-refractivity contribution in [2.24, 2.45) is 11.7 Å². The monoisotopic (exact) mass is 275 g/mol. The molecule has 5 nitrogen and oxygen atoms in total. The number of halogens is 3. The predicted molar refractivity (Wildman–Crippen MR) is 56.3 cm³/mol. The first-order valence-electron chi connectivity index (χ1n) is 5.19. The maximum atomic E-state index is 11.9. The van der Waals surface area contributed by atoms with E-state index in [-0.39, 0.29) is 18.5 Å². The summed E-state index contributed by atoms with van der Waals surface area (Å²) in [4.78, 5) is 0. The Kier molecular flexibility index (Phi) is 4.39. The van der Waals surface area contributed by atoms with Gasteiger partial charge in [0.25, 0.3) is 10.2 Å². The highest BCUT2D eigenvalue weighted by Crippen LogP contribution is 2.24. The molecule has 0 aromatic heterocycles. The van der Waals surface area contributed by atoms with Crippen LogP contribution < -0.4 is 10.5 Å². The molecule has 1 rings (SSSR count). The van der Waals surface area contributed by atoms with Gasteiger partial charge in [-0.3, -0.25) is 0 Å². The number of nitrogens with zero attached hydrogens (tertiary/aromatic N) is 1. The summed E-state index contributed by atoms with van der Waals surface area (Å²) in [5, 5.41) is 0. The SMILES string of the molecule is CC1CC(CN)CN1S(=O)(=O)NCC(F)(F)F. The molecule has 0 saturated carbocycles. The molecular weight excluding hydrogens is 259 g/mol. The Balaban J connectivity index is 2.65. The van der Waals surface area contributed by atoms with E-state index in [1.807, 2.05) is 0 Å². The van der Waals surface area contributed by atoms with Gasteiger partial charge in [-0.2, -0.15) is 30.6 Å². The van der Waals surface area contributed by atoms with Crippen LogP contribution in [0.3, 0.4) is 0 Å². The molecule has 0 radical (unpaired) electrons. The zero-order valence-electron chi connectivity index (χ0n) is 9.37. The molecule has 0 aromatic rings. The fourth-order valence-corrected chi connectivity index (χ4v) is 3.35. The van der Waals surface area contributed by atoms with Crippen molar-refractivity contribution in [3.63, 3.8) is 0 Å². The van der Waals surface area contributed by atoms with E-state index in [1.54, 1.807) is 11.6 Å². The topological polar surface area (TPSA) is 75.4 Å². The fraction of sp³-hybridized carbons (Fsp3) is 1.00. The van der Waals surface area contributed by atoms with E-state index in [2.05, 4.69) is 0 Å². The molecule has 0 aliphatic carbocycles. The highest BCUT2D eigenvalue weighted by molar-refractivity contribution is 7.87. The van der Waals surface area contributed by atoms with Crippen LogP contribution >= 0.6 is 0 Å². The molecule has 2 atom stereocenters. The summed E-state index contributed by atoms with van der Waals surface area (Å²) in [6.45, 7) is 0.606. The normalized spacial score (nSPS) is 27.6. The second-order valence-corrected chi connectivity index (χ2v) is 5.91. The van der Waals surface area contributed by atoms with Gasteiger partial charge in [-0.05, 0) is 25.8 Å². The maximum Gasteiger partial charge on any atom is 0.402 e. The maximum absolute atomic E-state index is 11.9. The van der Waals surface area contributed by atoms with Crippen molar-refractivity contribution in [1.29, 1.82) is 0 Å². The third kappa shape index (κ3) is 4.09. The standard InChI is InChI=1S/C8H16F3N3O2S/c1-6-2-7(3-12)4-14(6)17(15,16)13-5-8(9,10)11/h6-7,13H,2-5,12H2,1H3. The number of hydrogen-bond acceptors (Lipinski definition) is 3. The number of alkyl halides is 3. The molecule has 1 aliphatic heterocycles. The first kappa shape index (κ1) is 14.7. The Morgan fingerprint density at radius 1 is 1.47 bits per heavy atom. The third-order valence-electron chi connectivity index (χ3n) is 2.70. The third-order valence-corrected chi connectivity index (χ3v) is 4.34. The first-order chi connectivity index (χ1) is 7.65. The molecule has 3 N–H and O–H groups in total. The number of rotatable bonds is 4. The van der Waals surface area contributed by atoms with Gasteiger partial charge in [0, 0.05) is 12.6 Å². The van der Waals surface area contributed by atoms with Gasteiger partial charge in [-0.15, -0.1) is 0 Å². The van der Waals surface area contributed by atoms with Crippen LogP contribution in [0.5, 0.6) is 0 Å². The molecule has 0 spiro atoms. The molecule has 2 unspecified atom stereocenters. The summed E-state index contributed by atoms with van der Waals surface area (Å²) in [6.07, 6.45) is -3.98. The highest BCUT2D eigenvalue weighted by atomic mass is 32.2. The van der Waals surface area contributed by atoms with E-state index in [9.17, 15) is 21.6 Å². The minimum Gasteiger partial charge on any atom is -0.330 e. The molecule has 9 heteroatoms. The molecule has 1 heterocycles. The number of nitrogens with one attached hydrogen (secondary N) is 1. The Hall–Kier alpha value is -0.380. The number of nitrogens with two attached hydrogens (primary N) is 1. The van der Waals surface area contributed by atoms with E-state index in [1.165, 1.54) is 0 Å². The quantitative estimate of drug-likeness (QED) is 0.761. The Bertz CT molecular complexity index is 358. The van der Waals surface area contributed by atoms with Crippen LogP contribution in [-0.4, -0.2) is 44.6 Å². The summed E-state index contributed by atoms with van der Waals surface area (Å²) in [6, 6.07) is -0.325. The van der Waals surface area contributed by atoms with Crippen molar-refractivity contribution in [2.75, 3.05) is 19.6 Å². The van der Waals surface area contributed by atoms with E-state index in [0.29, 0.717) is 13.0 Å². The van der Waals surface area contributed by atoms with Crippen LogP contribution in [0.25, 0.3) is 0 Å². The molecular formula is C8H16F3N3O2S. The van der Waals surface area contributed by atoms with Crippen molar-refractivity contribution in [3.8, 4) is 0 Å². The summed E-state index contributed by atoms with van der Waals surface area (Å²) >= 11 is 0. The second kappa shape index (κ2) is 5.09. The van der Waals surface area contributed by atoms with Gasteiger partial charge in [0.15, 0.2) is 0 Å².